The van der Waals surface area contributed by atoms with E-state index in [0.29, 0.717) is 31.9 Å². The van der Waals surface area contributed by atoms with Crippen molar-refractivity contribution in [3.63, 3.8) is 0 Å². The number of hydrogen-bond acceptors (Lipinski definition) is 6. The maximum Gasteiger partial charge on any atom is 0.251 e. The molecule has 2 rings (SSSR count). The predicted octanol–water partition coefficient (Wildman–Crippen LogP) is 0.967. The van der Waals surface area contributed by atoms with Crippen LogP contribution in [0.15, 0.2) is 17.1 Å². The molecule has 15 heteroatoms. The molecule has 0 saturated carbocycles. The summed E-state index contributed by atoms with van der Waals surface area (Å²) in [7, 11) is 0. The summed E-state index contributed by atoms with van der Waals surface area (Å²) < 4.78 is 39.9. The molecule has 1 saturated heterocycles. The van der Waals surface area contributed by atoms with Crippen LogP contribution in [-0.4, -0.2) is 48.0 Å². The van der Waals surface area contributed by atoms with Gasteiger partial charge in [0.15, 0.2) is 22.5 Å². The standard InChI is InChI=1S/C18H24F3N7O4.ClH/c19-11-5-6-12(16(21)15(11)20)26-17(30)13-8-10(9-24-13)25-14(29)4-2-1-3-7-23-18(22)27-28(31)32;/h5-6,10,13,24H,1-4,7-9H2,(H,25,29)(H,26,30)(H3,22,23,27);1H/t10-,13-;/m0./s1. The lowest BCUT2D eigenvalue weighted by molar-refractivity contribution is -0.525. The summed E-state index contributed by atoms with van der Waals surface area (Å²) in [5.74, 6) is -5.63. The van der Waals surface area contributed by atoms with Crippen molar-refractivity contribution in [3.8, 4) is 0 Å². The largest absolute Gasteiger partial charge is 0.365 e. The third-order valence-corrected chi connectivity index (χ3v) is 4.66. The number of hydrazine groups is 1. The van der Waals surface area contributed by atoms with Gasteiger partial charge >= 0.3 is 0 Å². The number of nitrogens with one attached hydrogen (secondary N) is 4. The minimum Gasteiger partial charge on any atom is -0.365 e. The summed E-state index contributed by atoms with van der Waals surface area (Å²) in [5.41, 5.74) is 6.53. The minimum atomic E-state index is -1.67. The van der Waals surface area contributed by atoms with Crippen LogP contribution in [0.25, 0.3) is 0 Å². The van der Waals surface area contributed by atoms with E-state index in [1.807, 2.05) is 0 Å². The number of guanidine groups is 1. The molecule has 184 valence electrons. The molecule has 1 fully saturated rings. The normalized spacial score (nSPS) is 17.7. The molecule has 0 spiro atoms. The van der Waals surface area contributed by atoms with E-state index in [2.05, 4.69) is 20.9 Å². The number of anilines is 1. The molecule has 0 aliphatic carbocycles. The average Bonchev–Trinajstić information content (AvgIpc) is 3.19. The zero-order chi connectivity index (χ0) is 23.7. The lowest BCUT2D eigenvalue weighted by Gasteiger charge is -2.13. The van der Waals surface area contributed by atoms with Crippen LogP contribution in [0, 0.1) is 27.6 Å². The molecular formula is C18H25ClF3N7O4. The second kappa shape index (κ2) is 13.4. The molecule has 1 aromatic carbocycles. The van der Waals surface area contributed by atoms with Gasteiger partial charge in [-0.1, -0.05) is 11.8 Å². The van der Waals surface area contributed by atoms with Crippen LogP contribution in [0.3, 0.4) is 0 Å². The highest BCUT2D eigenvalue weighted by atomic mass is 35.5. The highest BCUT2D eigenvalue weighted by Crippen LogP contribution is 2.20. The molecule has 0 bridgehead atoms. The second-order valence-corrected chi connectivity index (χ2v) is 7.12. The zero-order valence-electron chi connectivity index (χ0n) is 17.4. The molecule has 0 unspecified atom stereocenters. The Morgan fingerprint density at radius 1 is 1.21 bits per heavy atom. The fourth-order valence-electron chi connectivity index (χ4n) is 3.09. The Kier molecular flexibility index (Phi) is 11.4. The van der Waals surface area contributed by atoms with Crippen molar-refractivity contribution in [1.82, 2.24) is 16.1 Å². The van der Waals surface area contributed by atoms with Crippen molar-refractivity contribution in [3.05, 3.63) is 39.7 Å². The van der Waals surface area contributed by atoms with E-state index >= 15 is 0 Å². The maximum atomic E-state index is 13.7. The number of carbonyl (C=O) groups excluding carboxylic acids is 2. The molecule has 2 amide bonds. The van der Waals surface area contributed by atoms with Gasteiger partial charge in [-0.05, 0) is 31.4 Å². The number of nitrogens with zero attached hydrogens (tertiary/aromatic N) is 2. The molecule has 1 aliphatic heterocycles. The Morgan fingerprint density at radius 2 is 1.94 bits per heavy atom. The van der Waals surface area contributed by atoms with Gasteiger partial charge in [-0.15, -0.1) is 12.4 Å². The van der Waals surface area contributed by atoms with Crippen molar-refractivity contribution in [2.24, 2.45) is 10.7 Å². The monoisotopic (exact) mass is 495 g/mol. The first-order chi connectivity index (χ1) is 15.2. The minimum absolute atomic E-state index is 0. The van der Waals surface area contributed by atoms with Gasteiger partial charge in [0.25, 0.3) is 5.96 Å². The fraction of sp³-hybridized carbons (Fsp3) is 0.500. The highest BCUT2D eigenvalue weighted by Gasteiger charge is 2.31. The maximum absolute atomic E-state index is 13.7. The number of nitro groups is 1. The zero-order valence-corrected chi connectivity index (χ0v) is 18.2. The Morgan fingerprint density at radius 3 is 2.64 bits per heavy atom. The Labute approximate surface area is 193 Å². The van der Waals surface area contributed by atoms with Crippen LogP contribution in [0.5, 0.6) is 0 Å². The van der Waals surface area contributed by atoms with Crippen LogP contribution in [0.2, 0.25) is 0 Å². The topological polar surface area (TPSA) is 164 Å². The number of hydrogen-bond donors (Lipinski definition) is 5. The second-order valence-electron chi connectivity index (χ2n) is 7.12. The summed E-state index contributed by atoms with van der Waals surface area (Å²) in [5, 5.41) is 17.2. The van der Waals surface area contributed by atoms with E-state index in [9.17, 15) is 32.9 Å². The van der Waals surface area contributed by atoms with E-state index in [0.717, 1.165) is 6.07 Å². The third-order valence-electron chi connectivity index (χ3n) is 4.66. The molecule has 11 nitrogen and oxygen atoms in total. The van der Waals surface area contributed by atoms with Crippen LogP contribution < -0.4 is 27.1 Å². The number of carbonyl (C=O) groups is 2. The number of unbranched alkanes of at least 4 members (excludes halogenated alkanes) is 2. The highest BCUT2D eigenvalue weighted by molar-refractivity contribution is 5.95. The lowest BCUT2D eigenvalue weighted by Crippen LogP contribution is -2.36. The van der Waals surface area contributed by atoms with Crippen molar-refractivity contribution >= 4 is 35.9 Å². The summed E-state index contributed by atoms with van der Waals surface area (Å²) >= 11 is 0. The Hall–Kier alpha value is -3.13. The summed E-state index contributed by atoms with van der Waals surface area (Å²) in [4.78, 5) is 38.2. The van der Waals surface area contributed by atoms with Gasteiger partial charge in [0.05, 0.1) is 11.7 Å². The Bertz CT molecular complexity index is 891. The SMILES string of the molecule is Cl.NC(=NCCCCCC(=O)N[C@@H]1CN[C@H](C(=O)Nc2ccc(F)c(F)c2F)C1)N[N+](=O)[O-]. The number of benzene rings is 1. The van der Waals surface area contributed by atoms with Crippen molar-refractivity contribution < 1.29 is 27.8 Å². The van der Waals surface area contributed by atoms with E-state index < -0.39 is 40.1 Å². The molecular weight excluding hydrogens is 471 g/mol. The van der Waals surface area contributed by atoms with Gasteiger partial charge in [-0.2, -0.15) is 0 Å². The van der Waals surface area contributed by atoms with Crippen molar-refractivity contribution in [2.75, 3.05) is 18.4 Å². The molecule has 6 N–H and O–H groups in total. The number of rotatable bonds is 10. The molecule has 1 heterocycles. The number of aliphatic imine (C=N–C) groups is 1. The van der Waals surface area contributed by atoms with Crippen LogP contribution in [-0.2, 0) is 9.59 Å². The first kappa shape index (κ1) is 27.9. The van der Waals surface area contributed by atoms with Crippen molar-refractivity contribution in [1.29, 1.82) is 0 Å². The third kappa shape index (κ3) is 9.10. The number of nitrogens with two attached hydrogens (primary N) is 1. The fourth-order valence-corrected chi connectivity index (χ4v) is 3.09. The van der Waals surface area contributed by atoms with Gasteiger partial charge in [-0.25, -0.2) is 28.3 Å². The van der Waals surface area contributed by atoms with E-state index in [4.69, 9.17) is 5.73 Å². The van der Waals surface area contributed by atoms with Crippen molar-refractivity contribution in [2.45, 2.75) is 44.2 Å². The van der Waals surface area contributed by atoms with Gasteiger partial charge in [0, 0.05) is 25.6 Å². The predicted molar refractivity (Wildman–Crippen MR) is 116 cm³/mol. The quantitative estimate of drug-likeness (QED) is 0.0805. The molecule has 0 radical (unpaired) electrons. The van der Waals surface area contributed by atoms with Crippen LogP contribution >= 0.6 is 12.4 Å². The van der Waals surface area contributed by atoms with Crippen LogP contribution in [0.1, 0.15) is 32.1 Å². The van der Waals surface area contributed by atoms with E-state index in [1.165, 1.54) is 0 Å². The molecule has 0 aromatic heterocycles. The number of halogens is 4. The molecule has 2 atom stereocenters. The number of amides is 2. The summed E-state index contributed by atoms with van der Waals surface area (Å²) in [6.45, 7) is 0.609. The lowest BCUT2D eigenvalue weighted by atomic mass is 10.1. The smallest absolute Gasteiger partial charge is 0.251 e. The summed E-state index contributed by atoms with van der Waals surface area (Å²) in [6.07, 6.45) is 2.33. The van der Waals surface area contributed by atoms with Gasteiger partial charge in [-0.3, -0.25) is 9.59 Å². The molecule has 1 aliphatic rings. The molecule has 1 aromatic rings. The summed E-state index contributed by atoms with van der Waals surface area (Å²) in [6, 6.07) is 0.594. The first-order valence-corrected chi connectivity index (χ1v) is 9.85. The van der Waals surface area contributed by atoms with E-state index in [-0.39, 0.29) is 49.7 Å². The average molecular weight is 496 g/mol. The molecule has 33 heavy (non-hydrogen) atoms. The van der Waals surface area contributed by atoms with Gasteiger partial charge in [0.2, 0.25) is 11.8 Å². The first-order valence-electron chi connectivity index (χ1n) is 9.85. The van der Waals surface area contributed by atoms with Crippen LogP contribution in [0.4, 0.5) is 18.9 Å². The van der Waals surface area contributed by atoms with Gasteiger partial charge in [0.1, 0.15) is 0 Å². The van der Waals surface area contributed by atoms with Gasteiger partial charge < -0.3 is 21.7 Å². The van der Waals surface area contributed by atoms with E-state index in [1.54, 1.807) is 5.43 Å². The Balaban J connectivity index is 0.00000544.